The predicted molar refractivity (Wildman–Crippen MR) is 70.8 cm³/mol. The highest BCUT2D eigenvalue weighted by molar-refractivity contribution is 9.10. The lowest BCUT2D eigenvalue weighted by Crippen LogP contribution is -2.31. The lowest BCUT2D eigenvalue weighted by atomic mass is 10.3. The van der Waals surface area contributed by atoms with Gasteiger partial charge in [0.15, 0.2) is 0 Å². The summed E-state index contributed by atoms with van der Waals surface area (Å²) in [6.45, 7) is 6.02. The van der Waals surface area contributed by atoms with Crippen molar-refractivity contribution in [1.29, 1.82) is 0 Å². The minimum atomic E-state index is 0.152. The smallest absolute Gasteiger partial charge is 0.224 e. The topological polar surface area (TPSA) is 58.1 Å². The van der Waals surface area contributed by atoms with Crippen LogP contribution in [0.4, 0.5) is 5.95 Å². The van der Waals surface area contributed by atoms with Crippen molar-refractivity contribution in [1.82, 2.24) is 14.9 Å². The number of carbonyl (C=O) groups is 1. The summed E-state index contributed by atoms with van der Waals surface area (Å²) in [4.78, 5) is 21.6. The fourth-order valence-electron chi connectivity index (χ4n) is 1.42. The van der Waals surface area contributed by atoms with Gasteiger partial charge >= 0.3 is 0 Å². The monoisotopic (exact) mass is 300 g/mol. The van der Waals surface area contributed by atoms with Gasteiger partial charge in [-0.05, 0) is 29.8 Å². The van der Waals surface area contributed by atoms with Crippen LogP contribution in [0.25, 0.3) is 0 Å². The first-order chi connectivity index (χ1) is 8.17. The van der Waals surface area contributed by atoms with E-state index in [9.17, 15) is 4.79 Å². The van der Waals surface area contributed by atoms with Crippen LogP contribution in [0.1, 0.15) is 20.3 Å². The van der Waals surface area contributed by atoms with E-state index in [1.165, 1.54) is 0 Å². The summed E-state index contributed by atoms with van der Waals surface area (Å²) in [6.07, 6.45) is 3.80. The second-order valence-electron chi connectivity index (χ2n) is 3.47. The highest BCUT2D eigenvalue weighted by Crippen LogP contribution is 2.06. The lowest BCUT2D eigenvalue weighted by molar-refractivity contribution is -0.130. The maximum atomic E-state index is 11.7. The molecule has 5 nitrogen and oxygen atoms in total. The van der Waals surface area contributed by atoms with E-state index in [1.807, 2.05) is 18.7 Å². The van der Waals surface area contributed by atoms with E-state index in [4.69, 9.17) is 0 Å². The normalized spacial score (nSPS) is 10.1. The van der Waals surface area contributed by atoms with Crippen LogP contribution in [0.2, 0.25) is 0 Å². The second-order valence-corrected chi connectivity index (χ2v) is 4.38. The number of halogens is 1. The van der Waals surface area contributed by atoms with Gasteiger partial charge in [0.1, 0.15) is 0 Å². The maximum absolute atomic E-state index is 11.7. The Morgan fingerprint density at radius 2 is 1.94 bits per heavy atom. The van der Waals surface area contributed by atoms with Crippen LogP contribution in [0.15, 0.2) is 16.9 Å². The summed E-state index contributed by atoms with van der Waals surface area (Å²) in [5.41, 5.74) is 0. The number of aromatic nitrogens is 2. The maximum Gasteiger partial charge on any atom is 0.224 e. The molecule has 17 heavy (non-hydrogen) atoms. The first-order valence-electron chi connectivity index (χ1n) is 5.66. The summed E-state index contributed by atoms with van der Waals surface area (Å²) in [5, 5.41) is 3.02. The van der Waals surface area contributed by atoms with Crippen LogP contribution in [0.5, 0.6) is 0 Å². The number of hydrogen-bond donors (Lipinski definition) is 1. The van der Waals surface area contributed by atoms with Gasteiger partial charge in [-0.25, -0.2) is 9.97 Å². The Morgan fingerprint density at radius 3 is 2.47 bits per heavy atom. The van der Waals surface area contributed by atoms with Gasteiger partial charge in [0, 0.05) is 38.4 Å². The highest BCUT2D eigenvalue weighted by Gasteiger charge is 2.08. The molecule has 0 saturated carbocycles. The first kappa shape index (κ1) is 13.9. The molecule has 0 radical (unpaired) electrons. The van der Waals surface area contributed by atoms with Crippen LogP contribution in [0, 0.1) is 0 Å². The number of rotatable bonds is 6. The van der Waals surface area contributed by atoms with Gasteiger partial charge in [0.2, 0.25) is 11.9 Å². The average molecular weight is 301 g/mol. The van der Waals surface area contributed by atoms with Gasteiger partial charge in [-0.15, -0.1) is 0 Å². The average Bonchev–Trinajstić information content (AvgIpc) is 2.33. The van der Waals surface area contributed by atoms with Gasteiger partial charge < -0.3 is 10.2 Å². The number of hydrogen-bond acceptors (Lipinski definition) is 4. The zero-order valence-electron chi connectivity index (χ0n) is 10.1. The molecule has 1 amide bonds. The fraction of sp³-hybridized carbons (Fsp3) is 0.545. The largest absolute Gasteiger partial charge is 0.354 e. The van der Waals surface area contributed by atoms with Gasteiger partial charge in [0.05, 0.1) is 4.47 Å². The van der Waals surface area contributed by atoms with Crippen molar-refractivity contribution in [2.75, 3.05) is 25.0 Å². The van der Waals surface area contributed by atoms with Gasteiger partial charge in [-0.1, -0.05) is 0 Å². The first-order valence-corrected chi connectivity index (χ1v) is 6.45. The van der Waals surface area contributed by atoms with Crippen LogP contribution >= 0.6 is 15.9 Å². The number of anilines is 1. The van der Waals surface area contributed by atoms with E-state index in [0.29, 0.717) is 18.9 Å². The highest BCUT2D eigenvalue weighted by atomic mass is 79.9. The molecule has 0 atom stereocenters. The van der Waals surface area contributed by atoms with Crippen LogP contribution in [-0.4, -0.2) is 40.4 Å². The van der Waals surface area contributed by atoms with E-state index in [-0.39, 0.29) is 5.91 Å². The van der Waals surface area contributed by atoms with Crippen molar-refractivity contribution in [2.45, 2.75) is 20.3 Å². The molecule has 94 valence electrons. The summed E-state index contributed by atoms with van der Waals surface area (Å²) >= 11 is 3.26. The van der Waals surface area contributed by atoms with Gasteiger partial charge in [-0.3, -0.25) is 4.79 Å². The third-order valence-corrected chi connectivity index (χ3v) is 2.77. The number of carbonyl (C=O) groups excluding carboxylic acids is 1. The van der Waals surface area contributed by atoms with Crippen molar-refractivity contribution in [3.05, 3.63) is 16.9 Å². The Morgan fingerprint density at radius 1 is 1.35 bits per heavy atom. The molecule has 0 aliphatic rings. The van der Waals surface area contributed by atoms with Gasteiger partial charge in [0.25, 0.3) is 0 Å². The summed E-state index contributed by atoms with van der Waals surface area (Å²) in [7, 11) is 0. The summed E-state index contributed by atoms with van der Waals surface area (Å²) in [6, 6.07) is 0. The molecule has 0 fully saturated rings. The molecule has 1 rings (SSSR count). The molecule has 0 bridgehead atoms. The second kappa shape index (κ2) is 7.21. The van der Waals surface area contributed by atoms with Crippen LogP contribution in [-0.2, 0) is 4.79 Å². The van der Waals surface area contributed by atoms with Gasteiger partial charge in [-0.2, -0.15) is 0 Å². The molecule has 0 aliphatic heterocycles. The molecule has 0 aliphatic carbocycles. The summed E-state index contributed by atoms with van der Waals surface area (Å²) < 4.78 is 0.835. The molecular formula is C11H17BrN4O. The van der Waals surface area contributed by atoms with E-state index < -0.39 is 0 Å². The van der Waals surface area contributed by atoms with E-state index in [1.54, 1.807) is 12.4 Å². The number of amides is 1. The number of nitrogens with one attached hydrogen (secondary N) is 1. The SMILES string of the molecule is CCN(CC)C(=O)CCNc1ncc(Br)cn1. The molecule has 0 saturated heterocycles. The zero-order valence-corrected chi connectivity index (χ0v) is 11.7. The molecule has 1 heterocycles. The standard InChI is InChI=1S/C11H17BrN4O/c1-3-16(4-2)10(17)5-6-13-11-14-7-9(12)8-15-11/h7-8H,3-6H2,1-2H3,(H,13,14,15). The van der Waals surface area contributed by atoms with E-state index in [2.05, 4.69) is 31.2 Å². The predicted octanol–water partition coefficient (Wildman–Crippen LogP) is 1.91. The molecule has 0 aromatic carbocycles. The Kier molecular flexibility index (Phi) is 5.90. The Labute approximate surface area is 110 Å². The van der Waals surface area contributed by atoms with Crippen LogP contribution in [0.3, 0.4) is 0 Å². The minimum absolute atomic E-state index is 0.152. The quantitative estimate of drug-likeness (QED) is 0.872. The van der Waals surface area contributed by atoms with Crippen molar-refractivity contribution in [3.63, 3.8) is 0 Å². The molecule has 1 N–H and O–H groups in total. The molecule has 0 unspecified atom stereocenters. The lowest BCUT2D eigenvalue weighted by Gasteiger charge is -2.18. The molecule has 0 spiro atoms. The zero-order chi connectivity index (χ0) is 12.7. The molecule has 1 aromatic heterocycles. The third kappa shape index (κ3) is 4.68. The van der Waals surface area contributed by atoms with E-state index >= 15 is 0 Å². The van der Waals surface area contributed by atoms with Crippen molar-refractivity contribution >= 4 is 27.8 Å². The van der Waals surface area contributed by atoms with Crippen LogP contribution < -0.4 is 5.32 Å². The molecule has 6 heteroatoms. The summed E-state index contributed by atoms with van der Waals surface area (Å²) in [5.74, 6) is 0.695. The van der Waals surface area contributed by atoms with Crippen molar-refractivity contribution < 1.29 is 4.79 Å². The van der Waals surface area contributed by atoms with E-state index in [0.717, 1.165) is 17.6 Å². The fourth-order valence-corrected chi connectivity index (χ4v) is 1.62. The van der Waals surface area contributed by atoms with Crippen molar-refractivity contribution in [2.24, 2.45) is 0 Å². The van der Waals surface area contributed by atoms with Crippen molar-refractivity contribution in [3.8, 4) is 0 Å². The third-order valence-electron chi connectivity index (χ3n) is 2.36. The Bertz CT molecular complexity index is 351. The number of nitrogens with zero attached hydrogens (tertiary/aromatic N) is 3. The molecule has 1 aromatic rings. The Hall–Kier alpha value is -1.17. The Balaban J connectivity index is 2.32. The molecular weight excluding hydrogens is 284 g/mol. The minimum Gasteiger partial charge on any atom is -0.354 e.